The third kappa shape index (κ3) is 6.60. The summed E-state index contributed by atoms with van der Waals surface area (Å²) in [6, 6.07) is 8.38. The van der Waals surface area contributed by atoms with Gasteiger partial charge in [-0.25, -0.2) is 0 Å². The van der Waals surface area contributed by atoms with E-state index in [4.69, 9.17) is 21.1 Å². The van der Waals surface area contributed by atoms with E-state index >= 15 is 0 Å². The highest BCUT2D eigenvalue weighted by atomic mass is 35.5. The molecule has 0 amide bonds. The van der Waals surface area contributed by atoms with Crippen LogP contribution in [0, 0.1) is 0 Å². The Morgan fingerprint density at radius 2 is 1.68 bits per heavy atom. The van der Waals surface area contributed by atoms with Crippen molar-refractivity contribution in [2.24, 2.45) is 4.99 Å². The van der Waals surface area contributed by atoms with E-state index < -0.39 is 0 Å². The zero-order chi connectivity index (χ0) is 19.6. The lowest BCUT2D eigenvalue weighted by Crippen LogP contribution is -2.48. The molecule has 8 heteroatoms. The van der Waals surface area contributed by atoms with Gasteiger partial charge in [0, 0.05) is 57.9 Å². The molecular weight excluding hydrogens is 378 g/mol. The number of halogens is 1. The van der Waals surface area contributed by atoms with Crippen LogP contribution in [-0.2, 0) is 9.47 Å². The zero-order valence-corrected chi connectivity index (χ0v) is 17.5. The summed E-state index contributed by atoms with van der Waals surface area (Å²) >= 11 is 6.08. The van der Waals surface area contributed by atoms with Crippen molar-refractivity contribution in [1.82, 2.24) is 20.4 Å². The van der Waals surface area contributed by atoms with Crippen LogP contribution < -0.4 is 10.6 Å². The third-order valence-electron chi connectivity index (χ3n) is 5.25. The Kier molecular flexibility index (Phi) is 8.82. The Morgan fingerprint density at radius 3 is 2.32 bits per heavy atom. The molecule has 2 aliphatic rings. The average Bonchev–Trinajstić information content (AvgIpc) is 2.75. The molecule has 0 radical (unpaired) electrons. The molecule has 0 aromatic heterocycles. The van der Waals surface area contributed by atoms with E-state index in [1.54, 1.807) is 0 Å². The summed E-state index contributed by atoms with van der Waals surface area (Å²) in [6.45, 7) is 9.70. The molecule has 2 N–H and O–H groups in total. The van der Waals surface area contributed by atoms with Crippen LogP contribution in [0.1, 0.15) is 11.6 Å². The Bertz CT molecular complexity index is 601. The normalized spacial score (nSPS) is 20.7. The summed E-state index contributed by atoms with van der Waals surface area (Å²) in [5.41, 5.74) is 1.25. The van der Waals surface area contributed by atoms with Gasteiger partial charge < -0.3 is 20.1 Å². The van der Waals surface area contributed by atoms with E-state index in [1.807, 2.05) is 19.2 Å². The van der Waals surface area contributed by atoms with E-state index in [9.17, 15) is 0 Å². The van der Waals surface area contributed by atoms with E-state index in [1.165, 1.54) is 5.56 Å². The van der Waals surface area contributed by atoms with Crippen LogP contribution in [-0.4, -0.2) is 95.0 Å². The lowest BCUT2D eigenvalue weighted by atomic mass is 10.0. The van der Waals surface area contributed by atoms with E-state index in [0.29, 0.717) is 0 Å². The van der Waals surface area contributed by atoms with Gasteiger partial charge in [0.25, 0.3) is 0 Å². The Morgan fingerprint density at radius 1 is 1.04 bits per heavy atom. The molecule has 0 bridgehead atoms. The maximum absolute atomic E-state index is 6.08. The van der Waals surface area contributed by atoms with Crippen molar-refractivity contribution in [3.8, 4) is 0 Å². The minimum Gasteiger partial charge on any atom is -0.379 e. The van der Waals surface area contributed by atoms with Gasteiger partial charge >= 0.3 is 0 Å². The summed E-state index contributed by atoms with van der Waals surface area (Å²) in [5, 5.41) is 7.69. The van der Waals surface area contributed by atoms with Gasteiger partial charge in [-0.2, -0.15) is 0 Å². The van der Waals surface area contributed by atoms with Gasteiger partial charge in [-0.15, -0.1) is 0 Å². The standard InChI is InChI=1S/C20H32ClN5O2/c1-22-20(23-6-7-25-8-12-27-13-9-25)24-16-19(26-10-14-28-15-11-26)17-2-4-18(21)5-3-17/h2-5,19H,6-16H2,1H3,(H2,22,23,24). The predicted molar refractivity (Wildman–Crippen MR) is 113 cm³/mol. The van der Waals surface area contributed by atoms with Crippen molar-refractivity contribution in [1.29, 1.82) is 0 Å². The Hall–Kier alpha value is -1.38. The van der Waals surface area contributed by atoms with Gasteiger partial charge in [0.15, 0.2) is 5.96 Å². The number of nitrogens with zero attached hydrogens (tertiary/aromatic N) is 3. The number of ether oxygens (including phenoxy) is 2. The number of nitrogens with one attached hydrogen (secondary N) is 2. The Balaban J connectivity index is 1.52. The number of morpholine rings is 2. The zero-order valence-electron chi connectivity index (χ0n) is 16.7. The minimum absolute atomic E-state index is 0.249. The fourth-order valence-electron chi connectivity index (χ4n) is 3.60. The predicted octanol–water partition coefficient (Wildman–Crippen LogP) is 1.21. The molecule has 2 heterocycles. The quantitative estimate of drug-likeness (QED) is 0.521. The fourth-order valence-corrected chi connectivity index (χ4v) is 3.73. The molecule has 28 heavy (non-hydrogen) atoms. The van der Waals surface area contributed by atoms with Gasteiger partial charge in [0.1, 0.15) is 0 Å². The first-order valence-electron chi connectivity index (χ1n) is 10.1. The number of hydrogen-bond donors (Lipinski definition) is 2. The van der Waals surface area contributed by atoms with E-state index in [-0.39, 0.29) is 6.04 Å². The third-order valence-corrected chi connectivity index (χ3v) is 5.50. The van der Waals surface area contributed by atoms with Crippen molar-refractivity contribution in [2.45, 2.75) is 6.04 Å². The van der Waals surface area contributed by atoms with Crippen molar-refractivity contribution >= 4 is 17.6 Å². The first-order chi connectivity index (χ1) is 13.8. The lowest BCUT2D eigenvalue weighted by Gasteiger charge is -2.35. The van der Waals surface area contributed by atoms with Crippen LogP contribution in [0.15, 0.2) is 29.3 Å². The number of rotatable bonds is 7. The van der Waals surface area contributed by atoms with Crippen LogP contribution in [0.5, 0.6) is 0 Å². The molecule has 2 aliphatic heterocycles. The van der Waals surface area contributed by atoms with Crippen LogP contribution in [0.3, 0.4) is 0 Å². The highest BCUT2D eigenvalue weighted by Gasteiger charge is 2.23. The summed E-state index contributed by atoms with van der Waals surface area (Å²) in [5.74, 6) is 0.834. The molecule has 7 nitrogen and oxygen atoms in total. The van der Waals surface area contributed by atoms with Crippen molar-refractivity contribution < 1.29 is 9.47 Å². The average molecular weight is 410 g/mol. The molecule has 1 unspecified atom stereocenters. The molecule has 2 fully saturated rings. The van der Waals surface area contributed by atoms with Crippen LogP contribution >= 0.6 is 11.6 Å². The summed E-state index contributed by atoms with van der Waals surface area (Å²) in [6.07, 6.45) is 0. The summed E-state index contributed by atoms with van der Waals surface area (Å²) in [7, 11) is 1.82. The molecule has 0 aliphatic carbocycles. The molecule has 0 spiro atoms. The maximum atomic E-state index is 6.08. The number of aliphatic imine (C=N–C) groups is 1. The highest BCUT2D eigenvalue weighted by molar-refractivity contribution is 6.30. The second-order valence-corrected chi connectivity index (χ2v) is 7.49. The summed E-state index contributed by atoms with van der Waals surface area (Å²) < 4.78 is 10.9. The maximum Gasteiger partial charge on any atom is 0.191 e. The molecule has 1 atom stereocenters. The van der Waals surface area contributed by atoms with Gasteiger partial charge in [-0.3, -0.25) is 14.8 Å². The number of guanidine groups is 1. The first kappa shape index (κ1) is 21.3. The smallest absolute Gasteiger partial charge is 0.191 e. The monoisotopic (exact) mass is 409 g/mol. The molecule has 1 aromatic rings. The number of benzene rings is 1. The van der Waals surface area contributed by atoms with E-state index in [2.05, 4.69) is 37.6 Å². The number of hydrogen-bond acceptors (Lipinski definition) is 5. The van der Waals surface area contributed by atoms with Gasteiger partial charge in [0.05, 0.1) is 32.5 Å². The molecule has 0 saturated carbocycles. The van der Waals surface area contributed by atoms with Crippen LogP contribution in [0.4, 0.5) is 0 Å². The molecule has 2 saturated heterocycles. The van der Waals surface area contributed by atoms with Crippen LogP contribution in [0.25, 0.3) is 0 Å². The lowest BCUT2D eigenvalue weighted by molar-refractivity contribution is 0.0170. The highest BCUT2D eigenvalue weighted by Crippen LogP contribution is 2.23. The fraction of sp³-hybridized carbons (Fsp3) is 0.650. The van der Waals surface area contributed by atoms with Crippen molar-refractivity contribution in [3.63, 3.8) is 0 Å². The Labute approximate surface area is 173 Å². The van der Waals surface area contributed by atoms with Crippen molar-refractivity contribution in [3.05, 3.63) is 34.9 Å². The molecule has 1 aromatic carbocycles. The first-order valence-corrected chi connectivity index (χ1v) is 10.5. The van der Waals surface area contributed by atoms with Gasteiger partial charge in [-0.1, -0.05) is 23.7 Å². The second kappa shape index (κ2) is 11.6. The van der Waals surface area contributed by atoms with Crippen LogP contribution in [0.2, 0.25) is 5.02 Å². The SMILES string of the molecule is CN=C(NCCN1CCOCC1)NCC(c1ccc(Cl)cc1)N1CCOCC1. The largest absolute Gasteiger partial charge is 0.379 e. The minimum atomic E-state index is 0.249. The van der Waals surface area contributed by atoms with Gasteiger partial charge in [-0.05, 0) is 17.7 Å². The van der Waals surface area contributed by atoms with E-state index in [0.717, 1.165) is 83.2 Å². The molecule has 3 rings (SSSR count). The van der Waals surface area contributed by atoms with Gasteiger partial charge in [0.2, 0.25) is 0 Å². The second-order valence-electron chi connectivity index (χ2n) is 7.05. The molecule has 156 valence electrons. The molecular formula is C20H32ClN5O2. The summed E-state index contributed by atoms with van der Waals surface area (Å²) in [4.78, 5) is 9.25. The van der Waals surface area contributed by atoms with Crippen molar-refractivity contribution in [2.75, 3.05) is 79.3 Å². The topological polar surface area (TPSA) is 61.4 Å².